The Morgan fingerprint density at radius 2 is 2.26 bits per heavy atom. The molecule has 0 amide bonds. The van der Waals surface area contributed by atoms with Gasteiger partial charge in [-0.2, -0.15) is 0 Å². The van der Waals surface area contributed by atoms with Crippen molar-refractivity contribution in [2.45, 2.75) is 25.9 Å². The van der Waals surface area contributed by atoms with Crippen molar-refractivity contribution >= 4 is 11.5 Å². The molecular formula is C20H24N4O3. The van der Waals surface area contributed by atoms with Crippen LogP contribution in [0.2, 0.25) is 0 Å². The van der Waals surface area contributed by atoms with Crippen LogP contribution in [0.1, 0.15) is 19.8 Å². The minimum Gasteiger partial charge on any atom is -0.493 e. The van der Waals surface area contributed by atoms with Crippen molar-refractivity contribution in [1.82, 2.24) is 14.4 Å². The Morgan fingerprint density at radius 1 is 1.33 bits per heavy atom. The Kier molecular flexibility index (Phi) is 5.11. The summed E-state index contributed by atoms with van der Waals surface area (Å²) >= 11 is 0. The summed E-state index contributed by atoms with van der Waals surface area (Å²) in [5, 5.41) is 3.53. The molecule has 0 unspecified atom stereocenters. The molecule has 7 heteroatoms. The molecule has 3 heterocycles. The van der Waals surface area contributed by atoms with E-state index in [1.807, 2.05) is 35.7 Å². The molecule has 0 bridgehead atoms. The summed E-state index contributed by atoms with van der Waals surface area (Å²) in [6, 6.07) is 5.88. The third kappa shape index (κ3) is 3.55. The number of rotatable bonds is 7. The van der Waals surface area contributed by atoms with Gasteiger partial charge in [-0.3, -0.25) is 9.38 Å². The van der Waals surface area contributed by atoms with Gasteiger partial charge in [-0.05, 0) is 38.0 Å². The fourth-order valence-electron chi connectivity index (χ4n) is 3.38. The van der Waals surface area contributed by atoms with Crippen LogP contribution in [-0.2, 0) is 4.74 Å². The molecule has 3 aromatic rings. The molecule has 0 radical (unpaired) electrons. The van der Waals surface area contributed by atoms with Gasteiger partial charge in [-0.15, -0.1) is 0 Å². The van der Waals surface area contributed by atoms with Crippen LogP contribution in [0, 0.1) is 0 Å². The van der Waals surface area contributed by atoms with Crippen LogP contribution in [0.15, 0.2) is 36.8 Å². The minimum absolute atomic E-state index is 0.236. The van der Waals surface area contributed by atoms with Gasteiger partial charge in [0, 0.05) is 31.1 Å². The van der Waals surface area contributed by atoms with Crippen molar-refractivity contribution in [2.75, 3.05) is 32.2 Å². The number of hydrogen-bond acceptors (Lipinski definition) is 6. The molecule has 1 atom stereocenters. The van der Waals surface area contributed by atoms with Crippen molar-refractivity contribution in [3.8, 4) is 22.8 Å². The van der Waals surface area contributed by atoms with Crippen molar-refractivity contribution in [3.05, 3.63) is 36.8 Å². The molecule has 1 aliphatic heterocycles. The predicted molar refractivity (Wildman–Crippen MR) is 104 cm³/mol. The summed E-state index contributed by atoms with van der Waals surface area (Å²) in [7, 11) is 1.64. The lowest BCUT2D eigenvalue weighted by molar-refractivity contribution is 0.120. The van der Waals surface area contributed by atoms with Crippen molar-refractivity contribution < 1.29 is 14.2 Å². The van der Waals surface area contributed by atoms with Crippen LogP contribution in [0.25, 0.3) is 16.9 Å². The maximum absolute atomic E-state index is 5.75. The topological polar surface area (TPSA) is 69.9 Å². The van der Waals surface area contributed by atoms with Gasteiger partial charge in [-0.1, -0.05) is 0 Å². The van der Waals surface area contributed by atoms with Crippen LogP contribution in [0.4, 0.5) is 5.82 Å². The Morgan fingerprint density at radius 3 is 3.04 bits per heavy atom. The number of nitrogens with one attached hydrogen (secondary N) is 1. The average molecular weight is 368 g/mol. The summed E-state index contributed by atoms with van der Waals surface area (Å²) in [6.07, 6.45) is 7.86. The lowest BCUT2D eigenvalue weighted by Crippen LogP contribution is -2.19. The molecular weight excluding hydrogens is 344 g/mol. The largest absolute Gasteiger partial charge is 0.493 e. The Hall–Kier alpha value is -2.80. The Balaban J connectivity index is 1.72. The Bertz CT molecular complexity index is 919. The summed E-state index contributed by atoms with van der Waals surface area (Å²) < 4.78 is 18.9. The number of anilines is 1. The van der Waals surface area contributed by atoms with Gasteiger partial charge in [0.25, 0.3) is 0 Å². The van der Waals surface area contributed by atoms with Gasteiger partial charge < -0.3 is 19.5 Å². The smallest absolute Gasteiger partial charge is 0.161 e. The first-order valence-electron chi connectivity index (χ1n) is 9.29. The second-order valence-electron chi connectivity index (χ2n) is 6.43. The van der Waals surface area contributed by atoms with Gasteiger partial charge in [0.1, 0.15) is 11.5 Å². The van der Waals surface area contributed by atoms with Crippen LogP contribution in [-0.4, -0.2) is 47.3 Å². The molecule has 1 aliphatic rings. The van der Waals surface area contributed by atoms with Crippen LogP contribution < -0.4 is 14.8 Å². The SMILES string of the molecule is CCOc1ccc(-c2nc3cnccn3c2NC[C@@H]2CCCO2)cc1OC. The zero-order valence-electron chi connectivity index (χ0n) is 15.6. The van der Waals surface area contributed by atoms with Gasteiger partial charge in [0.2, 0.25) is 0 Å². The number of aromatic nitrogens is 3. The van der Waals surface area contributed by atoms with Gasteiger partial charge >= 0.3 is 0 Å². The third-order valence-corrected chi connectivity index (χ3v) is 4.69. The van der Waals surface area contributed by atoms with E-state index < -0.39 is 0 Å². The molecule has 1 N–H and O–H groups in total. The summed E-state index contributed by atoms with van der Waals surface area (Å²) in [5.74, 6) is 2.34. The fourth-order valence-corrected chi connectivity index (χ4v) is 3.38. The van der Waals surface area contributed by atoms with Crippen LogP contribution in [0.3, 0.4) is 0 Å². The van der Waals surface area contributed by atoms with Gasteiger partial charge in [-0.25, -0.2) is 4.98 Å². The summed E-state index contributed by atoms with van der Waals surface area (Å²) in [6.45, 7) is 4.13. The monoisotopic (exact) mass is 368 g/mol. The maximum Gasteiger partial charge on any atom is 0.161 e. The first kappa shape index (κ1) is 17.6. The zero-order valence-corrected chi connectivity index (χ0v) is 15.6. The minimum atomic E-state index is 0.236. The molecule has 1 saturated heterocycles. The number of fused-ring (bicyclic) bond motifs is 1. The predicted octanol–water partition coefficient (Wildman–Crippen LogP) is 3.39. The number of nitrogens with zero attached hydrogens (tertiary/aromatic N) is 3. The Labute approximate surface area is 158 Å². The average Bonchev–Trinajstić information content (AvgIpc) is 3.34. The third-order valence-electron chi connectivity index (χ3n) is 4.69. The van der Waals surface area contributed by atoms with E-state index in [9.17, 15) is 0 Å². The molecule has 1 aromatic carbocycles. The van der Waals surface area contributed by atoms with Crippen molar-refractivity contribution in [2.24, 2.45) is 0 Å². The van der Waals surface area contributed by atoms with E-state index in [0.29, 0.717) is 12.4 Å². The number of benzene rings is 1. The van der Waals surface area contributed by atoms with Crippen LogP contribution in [0.5, 0.6) is 11.5 Å². The molecule has 0 aliphatic carbocycles. The highest BCUT2D eigenvalue weighted by molar-refractivity contribution is 5.77. The highest BCUT2D eigenvalue weighted by Gasteiger charge is 2.19. The number of methoxy groups -OCH3 is 1. The highest BCUT2D eigenvalue weighted by atomic mass is 16.5. The summed E-state index contributed by atoms with van der Waals surface area (Å²) in [5.41, 5.74) is 2.59. The molecule has 142 valence electrons. The lowest BCUT2D eigenvalue weighted by Gasteiger charge is -2.14. The van der Waals surface area contributed by atoms with E-state index in [-0.39, 0.29) is 6.10 Å². The second kappa shape index (κ2) is 7.84. The molecule has 27 heavy (non-hydrogen) atoms. The van der Waals surface area contributed by atoms with Crippen molar-refractivity contribution in [3.63, 3.8) is 0 Å². The zero-order chi connectivity index (χ0) is 18.6. The maximum atomic E-state index is 5.75. The quantitative estimate of drug-likeness (QED) is 0.689. The standard InChI is InChI=1S/C20H24N4O3/c1-3-26-16-7-6-14(11-17(16)25-2)19-20(22-12-15-5-4-10-27-15)24-9-8-21-13-18(24)23-19/h6-9,11,13,15,22H,3-5,10,12H2,1-2H3/t15-/m0/s1. The summed E-state index contributed by atoms with van der Waals surface area (Å²) in [4.78, 5) is 8.97. The fraction of sp³-hybridized carbons (Fsp3) is 0.400. The van der Waals surface area contributed by atoms with E-state index in [4.69, 9.17) is 19.2 Å². The first-order chi connectivity index (χ1) is 13.3. The van der Waals surface area contributed by atoms with E-state index >= 15 is 0 Å². The van der Waals surface area contributed by atoms with Gasteiger partial charge in [0.15, 0.2) is 17.1 Å². The molecule has 1 fully saturated rings. The molecule has 0 spiro atoms. The highest BCUT2D eigenvalue weighted by Crippen LogP contribution is 2.35. The van der Waals surface area contributed by atoms with E-state index in [0.717, 1.165) is 54.5 Å². The molecule has 4 rings (SSSR count). The molecule has 0 saturated carbocycles. The van der Waals surface area contributed by atoms with Crippen molar-refractivity contribution in [1.29, 1.82) is 0 Å². The molecule has 7 nitrogen and oxygen atoms in total. The first-order valence-corrected chi connectivity index (χ1v) is 9.29. The number of ether oxygens (including phenoxy) is 3. The number of imidazole rings is 1. The van der Waals surface area contributed by atoms with E-state index in [2.05, 4.69) is 10.3 Å². The molecule has 2 aromatic heterocycles. The van der Waals surface area contributed by atoms with E-state index in [1.165, 1.54) is 0 Å². The van der Waals surface area contributed by atoms with E-state index in [1.54, 1.807) is 19.5 Å². The van der Waals surface area contributed by atoms with Crippen LogP contribution >= 0.6 is 0 Å². The lowest BCUT2D eigenvalue weighted by atomic mass is 10.1. The number of hydrogen-bond donors (Lipinski definition) is 1. The normalized spacial score (nSPS) is 16.6. The van der Waals surface area contributed by atoms with Gasteiger partial charge in [0.05, 0.1) is 26.0 Å². The second-order valence-corrected chi connectivity index (χ2v) is 6.43.